The van der Waals surface area contributed by atoms with E-state index in [9.17, 15) is 4.79 Å². The molecular weight excluding hydrogens is 296 g/mol. The molecule has 0 fully saturated rings. The SMILES string of the molecule is CC(N)CCNC(=O)C(C)Oc1ccccc1Br. The van der Waals surface area contributed by atoms with Crippen LogP contribution in [0.2, 0.25) is 0 Å². The minimum absolute atomic E-state index is 0.0878. The number of halogens is 1. The summed E-state index contributed by atoms with van der Waals surface area (Å²) in [6, 6.07) is 7.53. The van der Waals surface area contributed by atoms with Gasteiger partial charge in [0, 0.05) is 12.6 Å². The molecule has 3 N–H and O–H groups in total. The van der Waals surface area contributed by atoms with Gasteiger partial charge in [-0.05, 0) is 48.3 Å². The van der Waals surface area contributed by atoms with Crippen molar-refractivity contribution in [2.24, 2.45) is 5.73 Å². The van der Waals surface area contributed by atoms with Crippen LogP contribution in [0.1, 0.15) is 20.3 Å². The molecule has 0 spiro atoms. The number of carbonyl (C=O) groups is 1. The number of hydrogen-bond donors (Lipinski definition) is 2. The third-order valence-electron chi connectivity index (χ3n) is 2.41. The summed E-state index contributed by atoms with van der Waals surface area (Å²) in [5.74, 6) is 0.527. The molecular formula is C13H19BrN2O2. The fourth-order valence-electron chi connectivity index (χ4n) is 1.35. The van der Waals surface area contributed by atoms with Crippen molar-refractivity contribution in [2.75, 3.05) is 6.54 Å². The van der Waals surface area contributed by atoms with E-state index in [0.29, 0.717) is 12.3 Å². The second-order valence-electron chi connectivity index (χ2n) is 4.25. The Bertz CT molecular complexity index is 396. The quantitative estimate of drug-likeness (QED) is 0.845. The van der Waals surface area contributed by atoms with E-state index >= 15 is 0 Å². The molecule has 1 rings (SSSR count). The van der Waals surface area contributed by atoms with Gasteiger partial charge in [0.25, 0.3) is 5.91 Å². The number of hydrogen-bond acceptors (Lipinski definition) is 3. The summed E-state index contributed by atoms with van der Waals surface area (Å²) < 4.78 is 6.41. The zero-order valence-electron chi connectivity index (χ0n) is 10.7. The standard InChI is InChI=1S/C13H19BrN2O2/c1-9(15)7-8-16-13(17)10(2)18-12-6-4-3-5-11(12)14/h3-6,9-10H,7-8,15H2,1-2H3,(H,16,17). The van der Waals surface area contributed by atoms with Crippen molar-refractivity contribution >= 4 is 21.8 Å². The Hall–Kier alpha value is -1.07. The summed E-state index contributed by atoms with van der Waals surface area (Å²) in [5.41, 5.74) is 5.61. The van der Waals surface area contributed by atoms with Gasteiger partial charge in [-0.15, -0.1) is 0 Å². The highest BCUT2D eigenvalue weighted by Gasteiger charge is 2.15. The van der Waals surface area contributed by atoms with Crippen molar-refractivity contribution < 1.29 is 9.53 Å². The topological polar surface area (TPSA) is 64.3 Å². The molecule has 1 amide bonds. The minimum Gasteiger partial charge on any atom is -0.480 e. The maximum atomic E-state index is 11.7. The molecule has 0 saturated carbocycles. The zero-order valence-corrected chi connectivity index (χ0v) is 12.2. The Morgan fingerprint density at radius 2 is 2.11 bits per heavy atom. The summed E-state index contributed by atoms with van der Waals surface area (Å²) in [5, 5.41) is 2.79. The van der Waals surface area contributed by atoms with Crippen molar-refractivity contribution in [3.63, 3.8) is 0 Å². The summed E-state index contributed by atoms with van der Waals surface area (Å²) in [4.78, 5) is 11.7. The van der Waals surface area contributed by atoms with Crippen LogP contribution in [0.4, 0.5) is 0 Å². The van der Waals surface area contributed by atoms with Gasteiger partial charge in [-0.3, -0.25) is 4.79 Å². The van der Waals surface area contributed by atoms with Gasteiger partial charge in [0.15, 0.2) is 6.10 Å². The summed E-state index contributed by atoms with van der Waals surface area (Å²) in [7, 11) is 0. The largest absolute Gasteiger partial charge is 0.480 e. The molecule has 0 bridgehead atoms. The fraction of sp³-hybridized carbons (Fsp3) is 0.462. The lowest BCUT2D eigenvalue weighted by atomic mass is 10.2. The maximum Gasteiger partial charge on any atom is 0.260 e. The maximum absolute atomic E-state index is 11.7. The van der Waals surface area contributed by atoms with E-state index in [-0.39, 0.29) is 11.9 Å². The van der Waals surface area contributed by atoms with Crippen LogP contribution in [-0.4, -0.2) is 24.6 Å². The fourth-order valence-corrected chi connectivity index (χ4v) is 1.73. The summed E-state index contributed by atoms with van der Waals surface area (Å²) in [6.45, 7) is 4.20. The molecule has 0 aliphatic carbocycles. The first kappa shape index (κ1) is 15.0. The van der Waals surface area contributed by atoms with Gasteiger partial charge in [0.05, 0.1) is 4.47 Å². The van der Waals surface area contributed by atoms with Crippen LogP contribution in [0.3, 0.4) is 0 Å². The van der Waals surface area contributed by atoms with Gasteiger partial charge in [-0.2, -0.15) is 0 Å². The van der Waals surface area contributed by atoms with Crippen LogP contribution in [0.5, 0.6) is 5.75 Å². The number of carbonyl (C=O) groups excluding carboxylic acids is 1. The lowest BCUT2D eigenvalue weighted by Crippen LogP contribution is -2.38. The molecule has 100 valence electrons. The van der Waals surface area contributed by atoms with Crippen LogP contribution in [0.25, 0.3) is 0 Å². The molecule has 0 aliphatic heterocycles. The van der Waals surface area contributed by atoms with Crippen molar-refractivity contribution in [2.45, 2.75) is 32.4 Å². The second-order valence-corrected chi connectivity index (χ2v) is 5.10. The Morgan fingerprint density at radius 3 is 2.72 bits per heavy atom. The lowest BCUT2D eigenvalue weighted by Gasteiger charge is -2.16. The summed E-state index contributed by atoms with van der Waals surface area (Å²) in [6.07, 6.45) is 0.227. The highest BCUT2D eigenvalue weighted by atomic mass is 79.9. The number of para-hydroxylation sites is 1. The Kier molecular flexibility index (Phi) is 6.15. The normalized spacial score (nSPS) is 13.8. The number of rotatable bonds is 6. The van der Waals surface area contributed by atoms with E-state index in [4.69, 9.17) is 10.5 Å². The van der Waals surface area contributed by atoms with E-state index in [1.165, 1.54) is 0 Å². The zero-order chi connectivity index (χ0) is 13.5. The first-order chi connectivity index (χ1) is 8.50. The van der Waals surface area contributed by atoms with Gasteiger partial charge in [0.2, 0.25) is 0 Å². The number of ether oxygens (including phenoxy) is 1. The van der Waals surface area contributed by atoms with E-state index in [2.05, 4.69) is 21.2 Å². The van der Waals surface area contributed by atoms with Crippen LogP contribution < -0.4 is 15.8 Å². The van der Waals surface area contributed by atoms with Crippen LogP contribution >= 0.6 is 15.9 Å². The highest BCUT2D eigenvalue weighted by molar-refractivity contribution is 9.10. The van der Waals surface area contributed by atoms with Gasteiger partial charge in [-0.1, -0.05) is 12.1 Å². The van der Waals surface area contributed by atoms with Crippen molar-refractivity contribution in [3.8, 4) is 5.75 Å². The third kappa shape index (κ3) is 5.06. The molecule has 0 aliphatic rings. The highest BCUT2D eigenvalue weighted by Crippen LogP contribution is 2.24. The smallest absolute Gasteiger partial charge is 0.260 e. The number of amides is 1. The molecule has 2 unspecified atom stereocenters. The Balaban J connectivity index is 2.43. The Morgan fingerprint density at radius 1 is 1.44 bits per heavy atom. The van der Waals surface area contributed by atoms with E-state index in [1.807, 2.05) is 31.2 Å². The molecule has 1 aromatic rings. The number of benzene rings is 1. The van der Waals surface area contributed by atoms with E-state index in [0.717, 1.165) is 10.9 Å². The molecule has 0 radical (unpaired) electrons. The molecule has 2 atom stereocenters. The molecule has 0 saturated heterocycles. The number of nitrogens with two attached hydrogens (primary N) is 1. The van der Waals surface area contributed by atoms with Gasteiger partial charge in [0.1, 0.15) is 5.75 Å². The second kappa shape index (κ2) is 7.38. The summed E-state index contributed by atoms with van der Waals surface area (Å²) >= 11 is 3.37. The average Bonchev–Trinajstić information content (AvgIpc) is 2.31. The predicted molar refractivity (Wildman–Crippen MR) is 75.5 cm³/mol. The third-order valence-corrected chi connectivity index (χ3v) is 3.06. The molecule has 0 heterocycles. The Labute approximate surface area is 116 Å². The first-order valence-corrected chi connectivity index (χ1v) is 6.74. The monoisotopic (exact) mass is 314 g/mol. The minimum atomic E-state index is -0.531. The first-order valence-electron chi connectivity index (χ1n) is 5.95. The van der Waals surface area contributed by atoms with Crippen LogP contribution in [0.15, 0.2) is 28.7 Å². The van der Waals surface area contributed by atoms with Gasteiger partial charge >= 0.3 is 0 Å². The van der Waals surface area contributed by atoms with Crippen LogP contribution in [0, 0.1) is 0 Å². The molecule has 1 aromatic carbocycles. The number of nitrogens with one attached hydrogen (secondary N) is 1. The van der Waals surface area contributed by atoms with Gasteiger partial charge < -0.3 is 15.8 Å². The van der Waals surface area contributed by atoms with Gasteiger partial charge in [-0.25, -0.2) is 0 Å². The van der Waals surface area contributed by atoms with Crippen molar-refractivity contribution in [1.29, 1.82) is 0 Å². The van der Waals surface area contributed by atoms with Crippen molar-refractivity contribution in [1.82, 2.24) is 5.32 Å². The molecule has 18 heavy (non-hydrogen) atoms. The van der Waals surface area contributed by atoms with E-state index < -0.39 is 6.10 Å². The molecule has 5 heteroatoms. The van der Waals surface area contributed by atoms with Crippen LogP contribution in [-0.2, 0) is 4.79 Å². The molecule has 0 aromatic heterocycles. The molecule has 4 nitrogen and oxygen atoms in total. The van der Waals surface area contributed by atoms with Crippen molar-refractivity contribution in [3.05, 3.63) is 28.7 Å². The predicted octanol–water partition coefficient (Wildman–Crippen LogP) is 2.07. The van der Waals surface area contributed by atoms with E-state index in [1.54, 1.807) is 6.92 Å². The average molecular weight is 315 g/mol. The lowest BCUT2D eigenvalue weighted by molar-refractivity contribution is -0.127.